The smallest absolute Gasteiger partial charge is 0.212 e. The molecule has 0 aliphatic carbocycles. The van der Waals surface area contributed by atoms with E-state index in [0.29, 0.717) is 0 Å². The first-order chi connectivity index (χ1) is 12.2. The molecular formula is C22H17N2S+. The molecule has 5 aromatic rings. The lowest BCUT2D eigenvalue weighted by atomic mass is 10.0. The van der Waals surface area contributed by atoms with Crippen LogP contribution in [0.4, 0.5) is 0 Å². The number of aryl methyl sites for hydroxylation is 2. The van der Waals surface area contributed by atoms with E-state index in [4.69, 9.17) is 4.98 Å². The molecule has 120 valence electrons. The van der Waals surface area contributed by atoms with Crippen LogP contribution in [0.25, 0.3) is 42.5 Å². The van der Waals surface area contributed by atoms with Crippen molar-refractivity contribution in [1.82, 2.24) is 4.98 Å². The van der Waals surface area contributed by atoms with Crippen LogP contribution in [0.15, 0.2) is 66.9 Å². The molecule has 0 N–H and O–H groups in total. The van der Waals surface area contributed by atoms with Crippen molar-refractivity contribution in [3.05, 3.63) is 72.4 Å². The third kappa shape index (κ3) is 2.24. The first-order valence-corrected chi connectivity index (χ1v) is 9.20. The summed E-state index contributed by atoms with van der Waals surface area (Å²) in [6.45, 7) is 2.19. The first kappa shape index (κ1) is 14.6. The Morgan fingerprint density at radius 3 is 2.72 bits per heavy atom. The highest BCUT2D eigenvalue weighted by atomic mass is 32.1. The highest BCUT2D eigenvalue weighted by molar-refractivity contribution is 7.21. The predicted molar refractivity (Wildman–Crippen MR) is 106 cm³/mol. The Hall–Kier alpha value is -2.78. The second-order valence-corrected chi connectivity index (χ2v) is 7.53. The van der Waals surface area contributed by atoms with Gasteiger partial charge in [-0.15, -0.1) is 11.3 Å². The summed E-state index contributed by atoms with van der Waals surface area (Å²) >= 11 is 1.75. The maximum Gasteiger partial charge on any atom is 0.212 e. The minimum atomic E-state index is 1.07. The zero-order valence-electron chi connectivity index (χ0n) is 14.2. The molecular weight excluding hydrogens is 324 g/mol. The molecule has 0 amide bonds. The highest BCUT2D eigenvalue weighted by Crippen LogP contribution is 2.33. The first-order valence-electron chi connectivity index (χ1n) is 8.38. The highest BCUT2D eigenvalue weighted by Gasteiger charge is 2.14. The number of fused-ring (bicyclic) bond motifs is 4. The Bertz CT molecular complexity index is 1230. The van der Waals surface area contributed by atoms with Crippen LogP contribution in [-0.2, 0) is 7.05 Å². The Balaban J connectivity index is 1.84. The van der Waals surface area contributed by atoms with Gasteiger partial charge in [0, 0.05) is 22.4 Å². The fraction of sp³-hybridized carbons (Fsp3) is 0.0909. The van der Waals surface area contributed by atoms with Gasteiger partial charge in [0.15, 0.2) is 6.20 Å². The van der Waals surface area contributed by atoms with Crippen molar-refractivity contribution in [2.45, 2.75) is 6.92 Å². The van der Waals surface area contributed by atoms with Gasteiger partial charge in [-0.25, -0.2) is 9.55 Å². The van der Waals surface area contributed by atoms with Crippen molar-refractivity contribution in [2.24, 2.45) is 7.05 Å². The zero-order valence-corrected chi connectivity index (χ0v) is 15.0. The van der Waals surface area contributed by atoms with Gasteiger partial charge in [0.2, 0.25) is 5.52 Å². The summed E-state index contributed by atoms with van der Waals surface area (Å²) in [5.74, 6) is 0. The molecule has 0 bridgehead atoms. The number of aromatic nitrogens is 2. The Kier molecular flexibility index (Phi) is 3.12. The molecule has 0 saturated heterocycles. The van der Waals surface area contributed by atoms with Crippen molar-refractivity contribution < 1.29 is 4.57 Å². The molecule has 0 spiro atoms. The topological polar surface area (TPSA) is 16.8 Å². The number of hydrogen-bond donors (Lipinski definition) is 0. The van der Waals surface area contributed by atoms with Crippen LogP contribution >= 0.6 is 11.3 Å². The summed E-state index contributed by atoms with van der Waals surface area (Å²) in [6, 6.07) is 21.5. The molecule has 0 fully saturated rings. The lowest BCUT2D eigenvalue weighted by molar-refractivity contribution is -0.643. The van der Waals surface area contributed by atoms with Crippen LogP contribution < -0.4 is 4.57 Å². The number of nitrogens with zero attached hydrogens (tertiary/aromatic N) is 2. The van der Waals surface area contributed by atoms with Crippen molar-refractivity contribution in [2.75, 3.05) is 0 Å². The van der Waals surface area contributed by atoms with Crippen molar-refractivity contribution in [1.29, 1.82) is 0 Å². The summed E-state index contributed by atoms with van der Waals surface area (Å²) in [5, 5.41) is 4.97. The Morgan fingerprint density at radius 2 is 1.84 bits per heavy atom. The fourth-order valence-electron chi connectivity index (χ4n) is 3.62. The molecule has 25 heavy (non-hydrogen) atoms. The summed E-state index contributed by atoms with van der Waals surface area (Å²) in [5.41, 5.74) is 4.81. The molecule has 2 nitrogen and oxygen atoms in total. The van der Waals surface area contributed by atoms with Crippen LogP contribution in [-0.4, -0.2) is 4.98 Å². The van der Waals surface area contributed by atoms with E-state index in [1.54, 1.807) is 11.3 Å². The van der Waals surface area contributed by atoms with Gasteiger partial charge in [-0.3, -0.25) is 0 Å². The molecule has 2 heterocycles. The van der Waals surface area contributed by atoms with Gasteiger partial charge in [0.1, 0.15) is 12.1 Å². The van der Waals surface area contributed by atoms with E-state index in [1.807, 2.05) is 6.07 Å². The van der Waals surface area contributed by atoms with E-state index in [1.165, 1.54) is 37.5 Å². The SMILES string of the molecule is Cc1cccc2c[n+](C)c3ccc(-c4nc5ccccc5s4)cc3c12. The van der Waals surface area contributed by atoms with E-state index >= 15 is 0 Å². The maximum absolute atomic E-state index is 4.83. The van der Waals surface area contributed by atoms with Crippen LogP contribution in [0, 0.1) is 6.92 Å². The minimum Gasteiger partial charge on any atom is -0.236 e. The summed E-state index contributed by atoms with van der Waals surface area (Å²) in [7, 11) is 2.11. The fourth-order valence-corrected chi connectivity index (χ4v) is 4.58. The molecule has 5 rings (SSSR count). The van der Waals surface area contributed by atoms with Gasteiger partial charge in [0.25, 0.3) is 0 Å². The number of rotatable bonds is 1. The zero-order chi connectivity index (χ0) is 17.0. The quantitative estimate of drug-likeness (QED) is 0.294. The van der Waals surface area contributed by atoms with Gasteiger partial charge < -0.3 is 0 Å². The van der Waals surface area contributed by atoms with Crippen molar-refractivity contribution >= 4 is 43.2 Å². The monoisotopic (exact) mass is 341 g/mol. The van der Waals surface area contributed by atoms with Gasteiger partial charge in [0.05, 0.1) is 15.6 Å². The molecule has 0 saturated carbocycles. The molecule has 3 aromatic carbocycles. The number of thiazole rings is 1. The standard InChI is InChI=1S/C22H17N2S/c1-14-6-5-7-16-13-24(2)19-11-10-15(12-17(19)21(14)16)22-23-18-8-3-4-9-20(18)25-22/h3-13H,1-2H3/q+1. The number of pyridine rings is 1. The lowest BCUT2D eigenvalue weighted by Gasteiger charge is -2.07. The molecule has 0 radical (unpaired) electrons. The molecule has 3 heteroatoms. The van der Waals surface area contributed by atoms with Crippen LogP contribution in [0.3, 0.4) is 0 Å². The molecule has 0 unspecified atom stereocenters. The second kappa shape index (κ2) is 5.36. The third-order valence-corrected chi connectivity index (χ3v) is 5.91. The van der Waals surface area contributed by atoms with Gasteiger partial charge >= 0.3 is 0 Å². The molecule has 0 aliphatic rings. The second-order valence-electron chi connectivity index (χ2n) is 6.50. The van der Waals surface area contributed by atoms with E-state index in [-0.39, 0.29) is 0 Å². The largest absolute Gasteiger partial charge is 0.236 e. The van der Waals surface area contributed by atoms with Crippen LogP contribution in [0.2, 0.25) is 0 Å². The molecule has 0 aliphatic heterocycles. The van der Waals surface area contributed by atoms with Gasteiger partial charge in [-0.05, 0) is 42.8 Å². The lowest BCUT2D eigenvalue weighted by Crippen LogP contribution is -2.28. The van der Waals surface area contributed by atoms with Gasteiger partial charge in [-0.2, -0.15) is 0 Å². The van der Waals surface area contributed by atoms with E-state index in [2.05, 4.69) is 79.3 Å². The van der Waals surface area contributed by atoms with Crippen LogP contribution in [0.5, 0.6) is 0 Å². The number of hydrogen-bond acceptors (Lipinski definition) is 2. The van der Waals surface area contributed by atoms with Gasteiger partial charge in [-0.1, -0.05) is 24.3 Å². The summed E-state index contributed by atoms with van der Waals surface area (Å²) in [6.07, 6.45) is 2.21. The number of para-hydroxylation sites is 1. The Labute approximate surface area is 150 Å². The summed E-state index contributed by atoms with van der Waals surface area (Å²) in [4.78, 5) is 4.83. The predicted octanol–water partition coefficient (Wildman–Crippen LogP) is 5.40. The summed E-state index contributed by atoms with van der Waals surface area (Å²) < 4.78 is 3.44. The Morgan fingerprint density at radius 1 is 0.960 bits per heavy atom. The molecule has 2 aromatic heterocycles. The van der Waals surface area contributed by atoms with Crippen molar-refractivity contribution in [3.8, 4) is 10.6 Å². The molecule has 0 atom stereocenters. The van der Waals surface area contributed by atoms with E-state index in [0.717, 1.165) is 10.5 Å². The van der Waals surface area contributed by atoms with E-state index < -0.39 is 0 Å². The average molecular weight is 341 g/mol. The third-order valence-electron chi connectivity index (χ3n) is 4.82. The van der Waals surface area contributed by atoms with E-state index in [9.17, 15) is 0 Å². The minimum absolute atomic E-state index is 1.07. The van der Waals surface area contributed by atoms with Crippen LogP contribution in [0.1, 0.15) is 5.56 Å². The number of benzene rings is 3. The van der Waals surface area contributed by atoms with Crippen molar-refractivity contribution in [3.63, 3.8) is 0 Å². The average Bonchev–Trinajstić information content (AvgIpc) is 3.05. The normalized spacial score (nSPS) is 11.6. The maximum atomic E-state index is 4.83.